The van der Waals surface area contributed by atoms with Crippen LogP contribution in [-0.2, 0) is 21.9 Å². The van der Waals surface area contributed by atoms with E-state index < -0.39 is 28.1 Å². The van der Waals surface area contributed by atoms with E-state index in [9.17, 15) is 18.3 Å². The van der Waals surface area contributed by atoms with Crippen LogP contribution < -0.4 is 0 Å². The van der Waals surface area contributed by atoms with Crippen molar-refractivity contribution < 1.29 is 23.4 Å². The van der Waals surface area contributed by atoms with E-state index in [1.807, 2.05) is 0 Å². The van der Waals surface area contributed by atoms with Crippen LogP contribution in [0.25, 0.3) is 0 Å². The Morgan fingerprint density at radius 2 is 2.17 bits per heavy atom. The molecule has 2 N–H and O–H groups in total. The van der Waals surface area contributed by atoms with Gasteiger partial charge in [-0.2, -0.15) is 4.31 Å². The molecule has 1 aromatic heterocycles. The average molecular weight is 274 g/mol. The normalized spacial score (nSPS) is 25.4. The van der Waals surface area contributed by atoms with E-state index in [0.29, 0.717) is 0 Å². The fourth-order valence-electron chi connectivity index (χ4n) is 2.04. The highest BCUT2D eigenvalue weighted by Crippen LogP contribution is 2.26. The number of aliphatic carboxylic acids is 1. The largest absolute Gasteiger partial charge is 0.480 e. The van der Waals surface area contributed by atoms with Crippen LogP contribution in [0.15, 0.2) is 23.4 Å². The molecule has 0 amide bonds. The van der Waals surface area contributed by atoms with Crippen molar-refractivity contribution in [3.8, 4) is 0 Å². The number of aliphatic hydroxyl groups is 1. The number of carbonyl (C=O) groups is 1. The predicted molar refractivity (Wildman–Crippen MR) is 61.4 cm³/mol. The van der Waals surface area contributed by atoms with Crippen LogP contribution in [0.2, 0.25) is 0 Å². The molecule has 0 unspecified atom stereocenters. The number of carboxylic acids is 1. The topological polar surface area (TPSA) is 99.8 Å². The molecule has 1 fully saturated rings. The van der Waals surface area contributed by atoms with Crippen molar-refractivity contribution in [3.63, 3.8) is 0 Å². The SMILES string of the molecule is Cn1ccc(S(=O)(=O)N2C[C@H](O)C[C@H]2C(=O)O)c1. The summed E-state index contributed by atoms with van der Waals surface area (Å²) in [4.78, 5) is 11.1. The van der Waals surface area contributed by atoms with E-state index in [1.165, 1.54) is 12.3 Å². The van der Waals surface area contributed by atoms with Crippen molar-refractivity contribution in [1.82, 2.24) is 8.87 Å². The van der Waals surface area contributed by atoms with Gasteiger partial charge in [0.2, 0.25) is 10.0 Å². The van der Waals surface area contributed by atoms with Crippen LogP contribution in [0.1, 0.15) is 6.42 Å². The number of aromatic nitrogens is 1. The van der Waals surface area contributed by atoms with E-state index in [4.69, 9.17) is 5.11 Å². The maximum absolute atomic E-state index is 12.2. The third-order valence-electron chi connectivity index (χ3n) is 2.93. The minimum absolute atomic E-state index is 0.0327. The maximum Gasteiger partial charge on any atom is 0.322 e. The number of hydrogen-bond donors (Lipinski definition) is 2. The third-order valence-corrected chi connectivity index (χ3v) is 4.79. The lowest BCUT2D eigenvalue weighted by molar-refractivity contribution is -0.140. The Hall–Kier alpha value is -1.38. The average Bonchev–Trinajstić information content (AvgIpc) is 2.84. The quantitative estimate of drug-likeness (QED) is 0.754. The van der Waals surface area contributed by atoms with E-state index in [0.717, 1.165) is 4.31 Å². The molecule has 0 aromatic carbocycles. The lowest BCUT2D eigenvalue weighted by atomic mass is 10.2. The number of rotatable bonds is 3. The molecule has 18 heavy (non-hydrogen) atoms. The Kier molecular flexibility index (Phi) is 3.18. The smallest absolute Gasteiger partial charge is 0.322 e. The monoisotopic (exact) mass is 274 g/mol. The zero-order valence-electron chi connectivity index (χ0n) is 9.72. The second-order valence-electron chi connectivity index (χ2n) is 4.33. The minimum Gasteiger partial charge on any atom is -0.480 e. The summed E-state index contributed by atoms with van der Waals surface area (Å²) in [6.07, 6.45) is 1.94. The number of nitrogens with zero attached hydrogens (tertiary/aromatic N) is 2. The molecule has 8 heteroatoms. The van der Waals surface area contributed by atoms with Crippen molar-refractivity contribution in [2.24, 2.45) is 7.05 Å². The molecule has 2 atom stereocenters. The number of β-amino-alcohol motifs (C(OH)–C–C–N with tert-alkyl or cyclic N) is 1. The molecule has 1 aliphatic rings. The summed E-state index contributed by atoms with van der Waals surface area (Å²) in [7, 11) is -2.20. The Morgan fingerprint density at radius 1 is 1.50 bits per heavy atom. The van der Waals surface area contributed by atoms with Crippen LogP contribution in [0.5, 0.6) is 0 Å². The van der Waals surface area contributed by atoms with Gasteiger partial charge in [-0.25, -0.2) is 8.42 Å². The molecule has 1 saturated heterocycles. The van der Waals surface area contributed by atoms with Gasteiger partial charge in [-0.1, -0.05) is 0 Å². The first-order chi connectivity index (χ1) is 8.32. The van der Waals surface area contributed by atoms with Gasteiger partial charge >= 0.3 is 5.97 Å². The highest BCUT2D eigenvalue weighted by molar-refractivity contribution is 7.89. The first kappa shape index (κ1) is 13.1. The Bertz CT molecular complexity index is 565. The fourth-order valence-corrected chi connectivity index (χ4v) is 3.72. The summed E-state index contributed by atoms with van der Waals surface area (Å²) < 4.78 is 26.9. The summed E-state index contributed by atoms with van der Waals surface area (Å²) in [5, 5.41) is 18.5. The molecule has 1 aromatic rings. The number of sulfonamides is 1. The molecular weight excluding hydrogens is 260 g/mol. The summed E-state index contributed by atoms with van der Waals surface area (Å²) >= 11 is 0. The molecule has 100 valence electrons. The van der Waals surface area contributed by atoms with E-state index in [2.05, 4.69) is 0 Å². The van der Waals surface area contributed by atoms with Crippen molar-refractivity contribution in [2.45, 2.75) is 23.5 Å². The fraction of sp³-hybridized carbons (Fsp3) is 0.500. The molecule has 0 spiro atoms. The molecular formula is C10H14N2O5S. The lowest BCUT2D eigenvalue weighted by Gasteiger charge is -2.19. The molecule has 7 nitrogen and oxygen atoms in total. The van der Waals surface area contributed by atoms with Gasteiger partial charge in [0.1, 0.15) is 6.04 Å². The van der Waals surface area contributed by atoms with E-state index in [1.54, 1.807) is 17.8 Å². The summed E-state index contributed by atoms with van der Waals surface area (Å²) in [5.41, 5.74) is 0. The Morgan fingerprint density at radius 3 is 2.67 bits per heavy atom. The number of carboxylic acid groups (broad SMARTS) is 1. The highest BCUT2D eigenvalue weighted by Gasteiger charge is 2.43. The van der Waals surface area contributed by atoms with Crippen molar-refractivity contribution >= 4 is 16.0 Å². The highest BCUT2D eigenvalue weighted by atomic mass is 32.2. The van der Waals surface area contributed by atoms with Gasteiger partial charge in [-0.05, 0) is 6.07 Å². The molecule has 2 heterocycles. The maximum atomic E-state index is 12.2. The Labute approximate surface area is 104 Å². The van der Waals surface area contributed by atoms with Crippen molar-refractivity contribution in [1.29, 1.82) is 0 Å². The van der Waals surface area contributed by atoms with Crippen LogP contribution >= 0.6 is 0 Å². The van der Waals surface area contributed by atoms with E-state index in [-0.39, 0.29) is 17.9 Å². The first-order valence-corrected chi connectivity index (χ1v) is 6.81. The van der Waals surface area contributed by atoms with Crippen LogP contribution in [0, 0.1) is 0 Å². The predicted octanol–water partition coefficient (Wildman–Crippen LogP) is -0.766. The standard InChI is InChI=1S/C10H14N2O5S/c1-11-3-2-8(6-11)18(16,17)12-5-7(13)4-9(12)10(14)15/h2-3,6-7,9,13H,4-5H2,1H3,(H,14,15)/t7-,9+/m1/s1. The van der Waals surface area contributed by atoms with Gasteiger partial charge in [-0.15, -0.1) is 0 Å². The molecule has 2 rings (SSSR count). The van der Waals surface area contributed by atoms with Crippen LogP contribution in [0.3, 0.4) is 0 Å². The van der Waals surface area contributed by atoms with Gasteiger partial charge in [-0.3, -0.25) is 4.79 Å². The van der Waals surface area contributed by atoms with E-state index >= 15 is 0 Å². The minimum atomic E-state index is -3.87. The number of aliphatic hydroxyl groups excluding tert-OH is 1. The summed E-state index contributed by atoms with van der Waals surface area (Å²) in [6, 6.07) is 0.198. The van der Waals surface area contributed by atoms with Gasteiger partial charge in [0.15, 0.2) is 0 Å². The zero-order chi connectivity index (χ0) is 13.5. The third kappa shape index (κ3) is 2.14. The van der Waals surface area contributed by atoms with Crippen molar-refractivity contribution in [2.75, 3.05) is 6.54 Å². The van der Waals surface area contributed by atoms with Gasteiger partial charge in [0.25, 0.3) is 0 Å². The zero-order valence-corrected chi connectivity index (χ0v) is 10.5. The van der Waals surface area contributed by atoms with Gasteiger partial charge < -0.3 is 14.8 Å². The molecule has 0 bridgehead atoms. The molecule has 0 radical (unpaired) electrons. The lowest BCUT2D eigenvalue weighted by Crippen LogP contribution is -2.40. The van der Waals surface area contributed by atoms with Crippen LogP contribution in [-0.4, -0.2) is 52.2 Å². The van der Waals surface area contributed by atoms with Crippen LogP contribution in [0.4, 0.5) is 0 Å². The number of hydrogen-bond acceptors (Lipinski definition) is 4. The van der Waals surface area contributed by atoms with Gasteiger partial charge in [0.05, 0.1) is 11.0 Å². The Balaban J connectivity index is 2.38. The molecule has 1 aliphatic heterocycles. The second-order valence-corrected chi connectivity index (χ2v) is 6.22. The summed E-state index contributed by atoms with van der Waals surface area (Å²) in [5.74, 6) is -1.24. The summed E-state index contributed by atoms with van der Waals surface area (Å²) in [6.45, 7) is -0.186. The van der Waals surface area contributed by atoms with Crippen molar-refractivity contribution in [3.05, 3.63) is 18.5 Å². The first-order valence-electron chi connectivity index (χ1n) is 5.37. The second kappa shape index (κ2) is 4.38. The molecule has 0 saturated carbocycles. The van der Waals surface area contributed by atoms with Gasteiger partial charge in [0, 0.05) is 32.4 Å². The molecule has 0 aliphatic carbocycles. The number of aryl methyl sites for hydroxylation is 1.